The number of esters is 2. The Kier molecular flexibility index (Phi) is 4.14. The summed E-state index contributed by atoms with van der Waals surface area (Å²) >= 11 is 0. The molecular weight excluding hydrogens is 270 g/mol. The lowest BCUT2D eigenvalue weighted by atomic mass is 10.0. The van der Waals surface area contributed by atoms with Crippen LogP contribution in [0.3, 0.4) is 0 Å². The highest BCUT2D eigenvalue weighted by Gasteiger charge is 2.38. The number of cyclic esters (lactones) is 2. The molecule has 0 spiro atoms. The minimum atomic E-state index is -1.21. The number of hydrogen-bond donors (Lipinski definition) is 0. The molecule has 0 atom stereocenters. The Labute approximate surface area is 124 Å². The lowest BCUT2D eigenvalue weighted by Crippen LogP contribution is -2.41. The molecule has 1 aromatic carbocycles. The number of carbonyl (C=O) groups is 2. The van der Waals surface area contributed by atoms with Crippen molar-refractivity contribution in [3.8, 4) is 0 Å². The van der Waals surface area contributed by atoms with Crippen LogP contribution in [0.5, 0.6) is 0 Å². The van der Waals surface area contributed by atoms with Gasteiger partial charge in [-0.25, -0.2) is 9.59 Å². The van der Waals surface area contributed by atoms with Crippen molar-refractivity contribution in [3.05, 3.63) is 41.0 Å². The highest BCUT2D eigenvalue weighted by atomic mass is 16.7. The van der Waals surface area contributed by atoms with Crippen molar-refractivity contribution in [2.45, 2.75) is 26.2 Å². The van der Waals surface area contributed by atoms with E-state index in [1.807, 2.05) is 43.3 Å². The SMILES string of the molecule is CN(C)Cc1ccccc1C=C1C(=O)OC(C)(C)OC1=O. The van der Waals surface area contributed by atoms with Crippen LogP contribution in [-0.4, -0.2) is 36.7 Å². The molecule has 1 aliphatic rings. The standard InChI is InChI=1S/C16H19NO4/c1-16(2)20-14(18)13(15(19)21-16)9-11-7-5-6-8-12(11)10-17(3)4/h5-9H,10H2,1-4H3. The van der Waals surface area contributed by atoms with Crippen LogP contribution in [0.15, 0.2) is 29.8 Å². The molecule has 0 aromatic heterocycles. The molecule has 0 unspecified atom stereocenters. The second-order valence-corrected chi connectivity index (χ2v) is 5.67. The van der Waals surface area contributed by atoms with Crippen LogP contribution in [0.4, 0.5) is 0 Å². The van der Waals surface area contributed by atoms with Crippen LogP contribution in [0.25, 0.3) is 6.08 Å². The van der Waals surface area contributed by atoms with Gasteiger partial charge in [0.05, 0.1) is 0 Å². The zero-order valence-corrected chi connectivity index (χ0v) is 12.7. The summed E-state index contributed by atoms with van der Waals surface area (Å²) in [4.78, 5) is 25.9. The number of carbonyl (C=O) groups excluding carboxylic acids is 2. The normalized spacial score (nSPS) is 17.5. The van der Waals surface area contributed by atoms with Crippen molar-refractivity contribution in [2.24, 2.45) is 0 Å². The number of rotatable bonds is 3. The summed E-state index contributed by atoms with van der Waals surface area (Å²) < 4.78 is 10.2. The van der Waals surface area contributed by atoms with Crippen molar-refractivity contribution in [3.63, 3.8) is 0 Å². The van der Waals surface area contributed by atoms with Gasteiger partial charge in [-0.3, -0.25) is 0 Å². The molecule has 21 heavy (non-hydrogen) atoms. The molecule has 0 amide bonds. The molecule has 1 fully saturated rings. The molecule has 112 valence electrons. The summed E-state index contributed by atoms with van der Waals surface area (Å²) in [5, 5.41) is 0. The van der Waals surface area contributed by atoms with Crippen molar-refractivity contribution in [2.75, 3.05) is 14.1 Å². The fourth-order valence-electron chi connectivity index (χ4n) is 2.09. The van der Waals surface area contributed by atoms with Gasteiger partial charge in [0, 0.05) is 20.4 Å². The van der Waals surface area contributed by atoms with Crippen LogP contribution in [0.1, 0.15) is 25.0 Å². The van der Waals surface area contributed by atoms with Gasteiger partial charge in [-0.1, -0.05) is 24.3 Å². The summed E-state index contributed by atoms with van der Waals surface area (Å²) in [6.45, 7) is 3.76. The Morgan fingerprint density at radius 3 is 2.24 bits per heavy atom. The van der Waals surface area contributed by atoms with E-state index in [0.717, 1.165) is 11.1 Å². The number of nitrogens with zero attached hydrogens (tertiary/aromatic N) is 1. The monoisotopic (exact) mass is 289 g/mol. The van der Waals surface area contributed by atoms with Gasteiger partial charge in [0.1, 0.15) is 5.57 Å². The number of benzene rings is 1. The Balaban J connectivity index is 2.36. The smallest absolute Gasteiger partial charge is 0.348 e. The van der Waals surface area contributed by atoms with Gasteiger partial charge in [-0.2, -0.15) is 0 Å². The maximum Gasteiger partial charge on any atom is 0.348 e. The molecule has 0 radical (unpaired) electrons. The van der Waals surface area contributed by atoms with Gasteiger partial charge >= 0.3 is 11.9 Å². The van der Waals surface area contributed by atoms with Crippen molar-refractivity contribution >= 4 is 18.0 Å². The van der Waals surface area contributed by atoms with Gasteiger partial charge in [-0.15, -0.1) is 0 Å². The van der Waals surface area contributed by atoms with E-state index >= 15 is 0 Å². The highest BCUT2D eigenvalue weighted by molar-refractivity contribution is 6.18. The topological polar surface area (TPSA) is 55.8 Å². The van der Waals surface area contributed by atoms with E-state index < -0.39 is 17.7 Å². The van der Waals surface area contributed by atoms with Crippen LogP contribution in [0, 0.1) is 0 Å². The molecule has 5 nitrogen and oxygen atoms in total. The summed E-state index contributed by atoms with van der Waals surface area (Å²) in [6.07, 6.45) is 1.53. The second kappa shape index (κ2) is 5.69. The fraction of sp³-hybridized carbons (Fsp3) is 0.375. The molecule has 1 aromatic rings. The molecule has 2 rings (SSSR count). The Morgan fingerprint density at radius 2 is 1.67 bits per heavy atom. The minimum Gasteiger partial charge on any atom is -0.419 e. The predicted octanol–water partition coefficient (Wildman–Crippen LogP) is 1.97. The third kappa shape index (κ3) is 3.70. The highest BCUT2D eigenvalue weighted by Crippen LogP contribution is 2.25. The molecule has 5 heteroatoms. The zero-order chi connectivity index (χ0) is 15.6. The lowest BCUT2D eigenvalue weighted by Gasteiger charge is -2.29. The molecule has 0 saturated carbocycles. The lowest BCUT2D eigenvalue weighted by molar-refractivity contribution is -0.222. The van der Waals surface area contributed by atoms with E-state index in [9.17, 15) is 9.59 Å². The summed E-state index contributed by atoms with van der Waals surface area (Å²) in [5.74, 6) is -2.53. The second-order valence-electron chi connectivity index (χ2n) is 5.67. The first-order valence-corrected chi connectivity index (χ1v) is 6.69. The van der Waals surface area contributed by atoms with Crippen LogP contribution >= 0.6 is 0 Å². The Hall–Kier alpha value is -2.14. The van der Waals surface area contributed by atoms with Gasteiger partial charge < -0.3 is 14.4 Å². The van der Waals surface area contributed by atoms with Gasteiger partial charge in [0.15, 0.2) is 0 Å². The fourth-order valence-corrected chi connectivity index (χ4v) is 2.09. The number of ether oxygens (including phenoxy) is 2. The summed E-state index contributed by atoms with van der Waals surface area (Å²) in [6, 6.07) is 7.58. The maximum atomic E-state index is 12.0. The first-order chi connectivity index (χ1) is 9.78. The van der Waals surface area contributed by atoms with E-state index in [2.05, 4.69) is 0 Å². The van der Waals surface area contributed by atoms with Crippen LogP contribution < -0.4 is 0 Å². The average Bonchev–Trinajstić information content (AvgIpc) is 2.33. The Morgan fingerprint density at radius 1 is 1.10 bits per heavy atom. The first kappa shape index (κ1) is 15.3. The summed E-state index contributed by atoms with van der Waals surface area (Å²) in [7, 11) is 3.91. The molecule has 1 heterocycles. The molecule has 0 bridgehead atoms. The minimum absolute atomic E-state index is 0.0828. The van der Waals surface area contributed by atoms with E-state index in [1.165, 1.54) is 19.9 Å². The van der Waals surface area contributed by atoms with Gasteiger partial charge in [-0.05, 0) is 31.3 Å². The molecule has 0 aliphatic carbocycles. The van der Waals surface area contributed by atoms with E-state index in [1.54, 1.807) is 0 Å². The van der Waals surface area contributed by atoms with Crippen molar-refractivity contribution in [1.29, 1.82) is 0 Å². The largest absolute Gasteiger partial charge is 0.419 e. The predicted molar refractivity (Wildman–Crippen MR) is 78.1 cm³/mol. The van der Waals surface area contributed by atoms with E-state index in [-0.39, 0.29) is 5.57 Å². The molecular formula is C16H19NO4. The van der Waals surface area contributed by atoms with Crippen molar-refractivity contribution < 1.29 is 19.1 Å². The van der Waals surface area contributed by atoms with E-state index in [0.29, 0.717) is 6.54 Å². The molecule has 0 N–H and O–H groups in total. The van der Waals surface area contributed by atoms with Crippen molar-refractivity contribution in [1.82, 2.24) is 4.90 Å². The third-order valence-electron chi connectivity index (χ3n) is 2.96. The van der Waals surface area contributed by atoms with E-state index in [4.69, 9.17) is 9.47 Å². The average molecular weight is 289 g/mol. The third-order valence-corrected chi connectivity index (χ3v) is 2.96. The van der Waals surface area contributed by atoms with Crippen LogP contribution in [-0.2, 0) is 25.6 Å². The maximum absolute atomic E-state index is 12.0. The molecule has 1 aliphatic heterocycles. The first-order valence-electron chi connectivity index (χ1n) is 6.69. The van der Waals surface area contributed by atoms with Crippen LogP contribution in [0.2, 0.25) is 0 Å². The van der Waals surface area contributed by atoms with Gasteiger partial charge in [0.25, 0.3) is 5.79 Å². The Bertz CT molecular complexity index is 580. The molecule has 1 saturated heterocycles. The van der Waals surface area contributed by atoms with Gasteiger partial charge in [0.2, 0.25) is 0 Å². The quantitative estimate of drug-likeness (QED) is 0.484. The number of hydrogen-bond acceptors (Lipinski definition) is 5. The zero-order valence-electron chi connectivity index (χ0n) is 12.7. The summed E-state index contributed by atoms with van der Waals surface area (Å²) in [5.41, 5.74) is 1.73.